The maximum Gasteiger partial charge on any atom is 0.244 e. The average Bonchev–Trinajstić information content (AvgIpc) is 2.82. The Morgan fingerprint density at radius 3 is 3.11 bits per heavy atom. The number of nitrogens with zero attached hydrogens (tertiary/aromatic N) is 1. The van der Waals surface area contributed by atoms with Crippen molar-refractivity contribution >= 4 is 34.7 Å². The molecule has 0 aliphatic carbocycles. The molecule has 1 unspecified atom stereocenters. The summed E-state index contributed by atoms with van der Waals surface area (Å²) in [6.45, 7) is 0.878. The molecule has 1 aromatic heterocycles. The van der Waals surface area contributed by atoms with E-state index < -0.39 is 0 Å². The summed E-state index contributed by atoms with van der Waals surface area (Å²) < 4.78 is 0. The van der Waals surface area contributed by atoms with Gasteiger partial charge in [0, 0.05) is 18.1 Å². The van der Waals surface area contributed by atoms with Gasteiger partial charge in [-0.05, 0) is 12.1 Å². The van der Waals surface area contributed by atoms with E-state index in [-0.39, 0.29) is 11.9 Å². The van der Waals surface area contributed by atoms with Crippen molar-refractivity contribution in [3.05, 3.63) is 24.3 Å². The van der Waals surface area contributed by atoms with E-state index in [9.17, 15) is 4.79 Å². The van der Waals surface area contributed by atoms with Gasteiger partial charge < -0.3 is 10.3 Å². The molecule has 6 heteroatoms. The molecule has 1 aromatic carbocycles. The number of hydrogen-bond acceptors (Lipinski definition) is 4. The zero-order chi connectivity index (χ0) is 12.4. The minimum absolute atomic E-state index is 0.0266. The van der Waals surface area contributed by atoms with Crippen LogP contribution >= 0.6 is 11.8 Å². The summed E-state index contributed by atoms with van der Waals surface area (Å²) in [5, 5.41) is 6.02. The number of hydrogen-bond donors (Lipinski definition) is 3. The molecule has 0 spiro atoms. The number of fused-ring (bicyclic) bond motifs is 1. The second kappa shape index (κ2) is 4.99. The van der Waals surface area contributed by atoms with E-state index in [2.05, 4.69) is 20.6 Å². The number of H-pyrrole nitrogens is 1. The van der Waals surface area contributed by atoms with E-state index in [4.69, 9.17) is 0 Å². The molecule has 2 aromatic rings. The molecule has 1 amide bonds. The van der Waals surface area contributed by atoms with Gasteiger partial charge in [-0.25, -0.2) is 4.98 Å². The van der Waals surface area contributed by atoms with Gasteiger partial charge in [-0.2, -0.15) is 11.8 Å². The lowest BCUT2D eigenvalue weighted by Gasteiger charge is -2.21. The SMILES string of the molecule is O=C(Nc1nc2ccccc2[nH]1)C1CSCCN1. The predicted molar refractivity (Wildman–Crippen MR) is 73.8 cm³/mol. The number of aromatic amines is 1. The summed E-state index contributed by atoms with van der Waals surface area (Å²) in [6, 6.07) is 7.58. The van der Waals surface area contributed by atoms with Crippen molar-refractivity contribution in [2.45, 2.75) is 6.04 Å². The average molecular weight is 262 g/mol. The Kier molecular flexibility index (Phi) is 3.21. The first-order valence-corrected chi connectivity index (χ1v) is 7.05. The molecule has 1 fully saturated rings. The fraction of sp³-hybridized carbons (Fsp3) is 0.333. The van der Waals surface area contributed by atoms with Crippen LogP contribution in [0.3, 0.4) is 0 Å². The Balaban J connectivity index is 1.73. The van der Waals surface area contributed by atoms with Gasteiger partial charge in [0.2, 0.25) is 11.9 Å². The van der Waals surface area contributed by atoms with Crippen LogP contribution in [0.15, 0.2) is 24.3 Å². The maximum atomic E-state index is 12.0. The second-order valence-electron chi connectivity index (χ2n) is 4.17. The molecule has 0 saturated carbocycles. The van der Waals surface area contributed by atoms with Crippen molar-refractivity contribution < 1.29 is 4.79 Å². The number of aromatic nitrogens is 2. The van der Waals surface area contributed by atoms with Crippen LogP contribution in [-0.4, -0.2) is 40.0 Å². The summed E-state index contributed by atoms with van der Waals surface area (Å²) in [5.41, 5.74) is 1.79. The highest BCUT2D eigenvalue weighted by molar-refractivity contribution is 7.99. The first-order valence-electron chi connectivity index (χ1n) is 5.90. The van der Waals surface area contributed by atoms with Gasteiger partial charge in [-0.1, -0.05) is 12.1 Å². The van der Waals surface area contributed by atoms with Gasteiger partial charge in [0.25, 0.3) is 0 Å². The van der Waals surface area contributed by atoms with Crippen LogP contribution in [-0.2, 0) is 4.79 Å². The van der Waals surface area contributed by atoms with Gasteiger partial charge in [-0.3, -0.25) is 10.1 Å². The smallest absolute Gasteiger partial charge is 0.244 e. The summed E-state index contributed by atoms with van der Waals surface area (Å²) in [5.74, 6) is 2.36. The molecular formula is C12H14N4OS. The van der Waals surface area contributed by atoms with E-state index in [1.165, 1.54) is 0 Å². The lowest BCUT2D eigenvalue weighted by molar-refractivity contribution is -0.117. The zero-order valence-corrected chi connectivity index (χ0v) is 10.6. The molecule has 1 aliphatic rings. The van der Waals surface area contributed by atoms with Gasteiger partial charge in [0.05, 0.1) is 17.1 Å². The van der Waals surface area contributed by atoms with Crippen molar-refractivity contribution in [2.75, 3.05) is 23.4 Å². The highest BCUT2D eigenvalue weighted by atomic mass is 32.2. The molecular weight excluding hydrogens is 248 g/mol. The van der Waals surface area contributed by atoms with Crippen LogP contribution in [0.1, 0.15) is 0 Å². The van der Waals surface area contributed by atoms with Crippen LogP contribution in [0, 0.1) is 0 Å². The van der Waals surface area contributed by atoms with E-state index in [0.717, 1.165) is 29.1 Å². The van der Waals surface area contributed by atoms with Crippen molar-refractivity contribution in [3.63, 3.8) is 0 Å². The lowest BCUT2D eigenvalue weighted by atomic mass is 10.3. The quantitative estimate of drug-likeness (QED) is 0.761. The Labute approximate surface area is 109 Å². The zero-order valence-electron chi connectivity index (χ0n) is 9.77. The number of carbonyl (C=O) groups excluding carboxylic acids is 1. The summed E-state index contributed by atoms with van der Waals surface area (Å²) in [6.07, 6.45) is 0. The van der Waals surface area contributed by atoms with Crippen LogP contribution < -0.4 is 10.6 Å². The normalized spacial score (nSPS) is 19.9. The largest absolute Gasteiger partial charge is 0.324 e. The lowest BCUT2D eigenvalue weighted by Crippen LogP contribution is -2.46. The van der Waals surface area contributed by atoms with Crippen molar-refractivity contribution in [3.8, 4) is 0 Å². The number of anilines is 1. The van der Waals surface area contributed by atoms with Gasteiger partial charge >= 0.3 is 0 Å². The van der Waals surface area contributed by atoms with Crippen molar-refractivity contribution in [2.24, 2.45) is 0 Å². The number of thioether (sulfide) groups is 1. The van der Waals surface area contributed by atoms with E-state index >= 15 is 0 Å². The summed E-state index contributed by atoms with van der Waals surface area (Å²) >= 11 is 1.79. The Morgan fingerprint density at radius 1 is 1.44 bits per heavy atom. The first-order chi connectivity index (χ1) is 8.83. The Bertz CT molecular complexity index is 529. The number of para-hydroxylation sites is 2. The Morgan fingerprint density at radius 2 is 2.33 bits per heavy atom. The number of carbonyl (C=O) groups is 1. The third-order valence-electron chi connectivity index (χ3n) is 2.87. The molecule has 1 aliphatic heterocycles. The topological polar surface area (TPSA) is 69.8 Å². The molecule has 0 radical (unpaired) electrons. The van der Waals surface area contributed by atoms with Crippen molar-refractivity contribution in [1.82, 2.24) is 15.3 Å². The second-order valence-corrected chi connectivity index (χ2v) is 5.32. The number of imidazole rings is 1. The van der Waals surface area contributed by atoms with Gasteiger partial charge in [0.1, 0.15) is 0 Å². The molecule has 1 atom stereocenters. The standard InChI is InChI=1S/C12H14N4OS/c17-11(10-7-18-6-5-13-10)16-12-14-8-3-1-2-4-9(8)15-12/h1-4,10,13H,5-7H2,(H2,14,15,16,17). The highest BCUT2D eigenvalue weighted by Gasteiger charge is 2.21. The highest BCUT2D eigenvalue weighted by Crippen LogP contribution is 2.14. The van der Waals surface area contributed by atoms with E-state index in [0.29, 0.717) is 5.95 Å². The fourth-order valence-corrected chi connectivity index (χ4v) is 2.88. The van der Waals surface area contributed by atoms with Crippen LogP contribution in [0.4, 0.5) is 5.95 Å². The van der Waals surface area contributed by atoms with E-state index in [1.807, 2.05) is 24.3 Å². The molecule has 1 saturated heterocycles. The minimum atomic E-state index is -0.128. The molecule has 18 heavy (non-hydrogen) atoms. The summed E-state index contributed by atoms with van der Waals surface area (Å²) in [4.78, 5) is 19.4. The van der Waals surface area contributed by atoms with Gasteiger partial charge in [0.15, 0.2) is 0 Å². The van der Waals surface area contributed by atoms with E-state index in [1.54, 1.807) is 11.8 Å². The monoisotopic (exact) mass is 262 g/mol. The number of benzene rings is 1. The predicted octanol–water partition coefficient (Wildman–Crippen LogP) is 1.21. The fourth-order valence-electron chi connectivity index (χ4n) is 1.95. The Hall–Kier alpha value is -1.53. The van der Waals surface area contributed by atoms with Crippen LogP contribution in [0.5, 0.6) is 0 Å². The molecule has 5 nitrogen and oxygen atoms in total. The van der Waals surface area contributed by atoms with Gasteiger partial charge in [-0.15, -0.1) is 0 Å². The molecule has 0 bridgehead atoms. The van der Waals surface area contributed by atoms with Crippen LogP contribution in [0.25, 0.3) is 11.0 Å². The number of nitrogens with one attached hydrogen (secondary N) is 3. The number of amides is 1. The van der Waals surface area contributed by atoms with Crippen LogP contribution in [0.2, 0.25) is 0 Å². The molecule has 3 N–H and O–H groups in total. The first kappa shape index (κ1) is 11.6. The maximum absolute atomic E-state index is 12.0. The van der Waals surface area contributed by atoms with Crippen molar-refractivity contribution in [1.29, 1.82) is 0 Å². The third kappa shape index (κ3) is 2.34. The summed E-state index contributed by atoms with van der Waals surface area (Å²) in [7, 11) is 0. The number of rotatable bonds is 2. The minimum Gasteiger partial charge on any atom is -0.324 e. The molecule has 3 rings (SSSR count). The molecule has 94 valence electrons. The molecule has 2 heterocycles. The third-order valence-corrected chi connectivity index (χ3v) is 3.93.